The number of hydrogen-bond acceptors (Lipinski definition) is 2. The van der Waals surface area contributed by atoms with Gasteiger partial charge in [-0.25, -0.2) is 13.2 Å². The van der Waals surface area contributed by atoms with Gasteiger partial charge in [0.2, 0.25) is 0 Å². The van der Waals surface area contributed by atoms with Gasteiger partial charge in [0.1, 0.15) is 11.5 Å². The molecule has 2 aromatic carbocycles. The maximum Gasteiger partial charge on any atom is 0.152 e. The minimum Gasteiger partial charge on any atom is -0.397 e. The largest absolute Gasteiger partial charge is 0.397 e. The SMILES string of the molecule is Nc1cc(Cl)c(Cl)cc1Nc1c(F)cc(F)cc1F. The summed E-state index contributed by atoms with van der Waals surface area (Å²) in [5.74, 6) is -3.17. The predicted octanol–water partition coefficient (Wildman–Crippen LogP) is 4.74. The summed E-state index contributed by atoms with van der Waals surface area (Å²) in [7, 11) is 0. The zero-order valence-electron chi connectivity index (χ0n) is 9.28. The second kappa shape index (κ2) is 5.19. The monoisotopic (exact) mass is 306 g/mol. The van der Waals surface area contributed by atoms with Crippen LogP contribution in [0.5, 0.6) is 0 Å². The van der Waals surface area contributed by atoms with Crippen LogP contribution in [-0.4, -0.2) is 0 Å². The number of halogens is 5. The molecule has 0 aliphatic heterocycles. The molecule has 0 saturated carbocycles. The molecular formula is C12H7Cl2F3N2. The quantitative estimate of drug-likeness (QED) is 0.787. The van der Waals surface area contributed by atoms with Crippen LogP contribution >= 0.6 is 23.2 Å². The smallest absolute Gasteiger partial charge is 0.152 e. The van der Waals surface area contributed by atoms with Crippen LogP contribution in [0.3, 0.4) is 0 Å². The average Bonchev–Trinajstić information content (AvgIpc) is 2.29. The van der Waals surface area contributed by atoms with Crippen molar-refractivity contribution in [3.05, 3.63) is 51.8 Å². The van der Waals surface area contributed by atoms with Gasteiger partial charge in [-0.15, -0.1) is 0 Å². The van der Waals surface area contributed by atoms with Crippen molar-refractivity contribution in [1.82, 2.24) is 0 Å². The molecule has 100 valence electrons. The Balaban J connectivity index is 2.45. The van der Waals surface area contributed by atoms with Crippen molar-refractivity contribution in [1.29, 1.82) is 0 Å². The lowest BCUT2D eigenvalue weighted by Crippen LogP contribution is -2.01. The second-order valence-corrected chi connectivity index (χ2v) is 4.54. The van der Waals surface area contributed by atoms with Gasteiger partial charge in [0.25, 0.3) is 0 Å². The fourth-order valence-corrected chi connectivity index (χ4v) is 1.80. The summed E-state index contributed by atoms with van der Waals surface area (Å²) in [4.78, 5) is 0. The highest BCUT2D eigenvalue weighted by molar-refractivity contribution is 6.42. The molecule has 0 aliphatic carbocycles. The third kappa shape index (κ3) is 2.88. The molecule has 19 heavy (non-hydrogen) atoms. The van der Waals surface area contributed by atoms with E-state index in [4.69, 9.17) is 28.9 Å². The van der Waals surface area contributed by atoms with Crippen LogP contribution in [0.15, 0.2) is 24.3 Å². The van der Waals surface area contributed by atoms with Crippen LogP contribution in [0.1, 0.15) is 0 Å². The first-order chi connectivity index (χ1) is 8.88. The first kappa shape index (κ1) is 13.8. The highest BCUT2D eigenvalue weighted by atomic mass is 35.5. The lowest BCUT2D eigenvalue weighted by atomic mass is 10.2. The van der Waals surface area contributed by atoms with E-state index in [0.717, 1.165) is 0 Å². The Kier molecular flexibility index (Phi) is 3.78. The van der Waals surface area contributed by atoms with E-state index in [9.17, 15) is 13.2 Å². The van der Waals surface area contributed by atoms with E-state index >= 15 is 0 Å². The molecule has 0 amide bonds. The van der Waals surface area contributed by atoms with Gasteiger partial charge in [0, 0.05) is 12.1 Å². The molecule has 0 heterocycles. The lowest BCUT2D eigenvalue weighted by molar-refractivity contribution is 0.549. The fourth-order valence-electron chi connectivity index (χ4n) is 1.47. The third-order valence-electron chi connectivity index (χ3n) is 2.36. The van der Waals surface area contributed by atoms with E-state index in [2.05, 4.69) is 5.32 Å². The Bertz CT molecular complexity index is 624. The molecule has 0 radical (unpaired) electrons. The van der Waals surface area contributed by atoms with Gasteiger partial charge < -0.3 is 11.1 Å². The molecular weight excluding hydrogens is 300 g/mol. The number of anilines is 3. The fraction of sp³-hybridized carbons (Fsp3) is 0. The van der Waals surface area contributed by atoms with Crippen molar-refractivity contribution >= 4 is 40.3 Å². The summed E-state index contributed by atoms with van der Waals surface area (Å²) in [6.07, 6.45) is 0. The van der Waals surface area contributed by atoms with Crippen LogP contribution in [0.2, 0.25) is 10.0 Å². The Morgan fingerprint density at radius 2 is 1.42 bits per heavy atom. The topological polar surface area (TPSA) is 38.0 Å². The van der Waals surface area contributed by atoms with Crippen molar-refractivity contribution in [3.8, 4) is 0 Å². The first-order valence-corrected chi connectivity index (χ1v) is 5.80. The van der Waals surface area contributed by atoms with E-state index in [1.807, 2.05) is 0 Å². The second-order valence-electron chi connectivity index (χ2n) is 3.72. The molecule has 0 aromatic heterocycles. The minimum atomic E-state index is -1.08. The van der Waals surface area contributed by atoms with Gasteiger partial charge in [-0.3, -0.25) is 0 Å². The Morgan fingerprint density at radius 1 is 0.895 bits per heavy atom. The van der Waals surface area contributed by atoms with Gasteiger partial charge >= 0.3 is 0 Å². The molecule has 0 aliphatic rings. The molecule has 2 nitrogen and oxygen atoms in total. The van der Waals surface area contributed by atoms with Crippen LogP contribution in [0, 0.1) is 17.5 Å². The van der Waals surface area contributed by atoms with Crippen molar-refractivity contribution < 1.29 is 13.2 Å². The molecule has 3 N–H and O–H groups in total. The van der Waals surface area contributed by atoms with Crippen molar-refractivity contribution in [3.63, 3.8) is 0 Å². The van der Waals surface area contributed by atoms with Gasteiger partial charge in [0.15, 0.2) is 11.6 Å². The first-order valence-electron chi connectivity index (χ1n) is 5.04. The molecule has 2 aromatic rings. The van der Waals surface area contributed by atoms with E-state index in [1.54, 1.807) is 0 Å². The molecule has 0 unspecified atom stereocenters. The Labute approximate surface area is 116 Å². The number of hydrogen-bond donors (Lipinski definition) is 2. The highest BCUT2D eigenvalue weighted by Crippen LogP contribution is 2.33. The zero-order valence-corrected chi connectivity index (χ0v) is 10.8. The number of benzene rings is 2. The number of nitrogens with two attached hydrogens (primary N) is 1. The molecule has 0 saturated heterocycles. The molecule has 0 atom stereocenters. The van der Waals surface area contributed by atoms with Crippen molar-refractivity contribution in [2.24, 2.45) is 0 Å². The number of rotatable bonds is 2. The lowest BCUT2D eigenvalue weighted by Gasteiger charge is -2.12. The van der Waals surface area contributed by atoms with E-state index in [0.29, 0.717) is 12.1 Å². The van der Waals surface area contributed by atoms with Crippen LogP contribution in [-0.2, 0) is 0 Å². The Hall–Kier alpha value is -1.59. The summed E-state index contributed by atoms with van der Waals surface area (Å²) in [5.41, 5.74) is 5.44. The van der Waals surface area contributed by atoms with E-state index in [1.165, 1.54) is 12.1 Å². The minimum absolute atomic E-state index is 0.150. The molecule has 0 bridgehead atoms. The summed E-state index contributed by atoms with van der Waals surface area (Å²) in [5, 5.41) is 2.80. The maximum atomic E-state index is 13.5. The van der Waals surface area contributed by atoms with Crippen LogP contribution < -0.4 is 11.1 Å². The van der Waals surface area contributed by atoms with Crippen molar-refractivity contribution in [2.75, 3.05) is 11.1 Å². The van der Waals surface area contributed by atoms with Gasteiger partial charge in [-0.2, -0.15) is 0 Å². The van der Waals surface area contributed by atoms with E-state index < -0.39 is 23.1 Å². The number of nitrogen functional groups attached to an aromatic ring is 1. The highest BCUT2D eigenvalue weighted by Gasteiger charge is 2.13. The third-order valence-corrected chi connectivity index (χ3v) is 3.08. The Morgan fingerprint density at radius 3 is 2.00 bits per heavy atom. The molecule has 2 rings (SSSR count). The summed E-state index contributed by atoms with van der Waals surface area (Å²) in [6.45, 7) is 0. The molecule has 0 fully saturated rings. The standard InChI is InChI=1S/C12H7Cl2F3N2/c13-6-3-10(18)11(4-7(6)14)19-12-8(16)1-5(15)2-9(12)17/h1-4,19H,18H2. The average molecular weight is 307 g/mol. The predicted molar refractivity (Wildman–Crippen MR) is 70.5 cm³/mol. The number of nitrogens with one attached hydrogen (secondary N) is 1. The summed E-state index contributed by atoms with van der Waals surface area (Å²) < 4.78 is 39.7. The van der Waals surface area contributed by atoms with Gasteiger partial charge in [0.05, 0.1) is 21.4 Å². The normalized spacial score (nSPS) is 10.6. The van der Waals surface area contributed by atoms with E-state index in [-0.39, 0.29) is 21.4 Å². The van der Waals surface area contributed by atoms with Gasteiger partial charge in [-0.05, 0) is 12.1 Å². The van der Waals surface area contributed by atoms with Crippen molar-refractivity contribution in [2.45, 2.75) is 0 Å². The van der Waals surface area contributed by atoms with Gasteiger partial charge in [-0.1, -0.05) is 23.2 Å². The molecule has 7 heteroatoms. The molecule has 0 spiro atoms. The van der Waals surface area contributed by atoms with Crippen LogP contribution in [0.25, 0.3) is 0 Å². The summed E-state index contributed by atoms with van der Waals surface area (Å²) >= 11 is 11.5. The van der Waals surface area contributed by atoms with Crippen LogP contribution in [0.4, 0.5) is 30.2 Å². The zero-order chi connectivity index (χ0) is 14.2. The summed E-state index contributed by atoms with van der Waals surface area (Å²) in [6, 6.07) is 3.77. The maximum absolute atomic E-state index is 13.5.